The van der Waals surface area contributed by atoms with E-state index in [1.54, 1.807) is 20.8 Å². The number of nitrogens with one attached hydrogen (secondary N) is 1. The van der Waals surface area contributed by atoms with Gasteiger partial charge in [-0.05, 0) is 67.6 Å². The Bertz CT molecular complexity index is 703. The molecule has 6 nitrogen and oxygen atoms in total. The topological polar surface area (TPSA) is 89.5 Å². The molecule has 0 fully saturated rings. The van der Waals surface area contributed by atoms with E-state index in [1.807, 2.05) is 13.8 Å². The van der Waals surface area contributed by atoms with E-state index >= 15 is 0 Å². The summed E-state index contributed by atoms with van der Waals surface area (Å²) in [6, 6.07) is 0. The van der Waals surface area contributed by atoms with Crippen molar-refractivity contribution in [3.8, 4) is 0 Å². The molecule has 0 saturated carbocycles. The van der Waals surface area contributed by atoms with Crippen LogP contribution in [0.2, 0.25) is 0 Å². The first-order valence-corrected chi connectivity index (χ1v) is 8.76. The van der Waals surface area contributed by atoms with Crippen LogP contribution in [-0.4, -0.2) is 28.5 Å². The van der Waals surface area contributed by atoms with E-state index in [1.165, 1.54) is 13.8 Å². The van der Waals surface area contributed by atoms with Gasteiger partial charge in [0.25, 0.3) is 16.4 Å². The van der Waals surface area contributed by atoms with E-state index in [9.17, 15) is 19.2 Å². The average Bonchev–Trinajstić information content (AvgIpc) is 2.51. The molecular weight excluding hydrogens is 381 g/mol. The normalized spacial score (nSPS) is 11.0. The zero-order chi connectivity index (χ0) is 20.8. The minimum absolute atomic E-state index is 0.0988. The third kappa shape index (κ3) is 5.54. The lowest BCUT2D eigenvalue weighted by Gasteiger charge is -2.20. The first kappa shape index (κ1) is 24.1. The van der Waals surface area contributed by atoms with Crippen LogP contribution in [0.25, 0.3) is 0 Å². The molecule has 0 radical (unpaired) electrons. The van der Waals surface area contributed by atoms with Crippen molar-refractivity contribution in [1.29, 1.82) is 0 Å². The van der Waals surface area contributed by atoms with Crippen LogP contribution in [-0.2, 0) is 14.3 Å². The predicted octanol–water partition coefficient (Wildman–Crippen LogP) is 4.29. The van der Waals surface area contributed by atoms with Crippen LogP contribution in [0, 0.1) is 20.8 Å². The van der Waals surface area contributed by atoms with Crippen molar-refractivity contribution in [3.63, 3.8) is 0 Å². The Kier molecular flexibility index (Phi) is 9.52. The minimum atomic E-state index is -1.05. The molecule has 1 atom stereocenters. The van der Waals surface area contributed by atoms with Gasteiger partial charge in [-0.15, -0.1) is 0 Å². The molecule has 1 N–H and O–H groups in total. The maximum atomic E-state index is 12.2. The second kappa shape index (κ2) is 10.3. The van der Waals surface area contributed by atoms with Gasteiger partial charge in [0.15, 0.2) is 6.10 Å². The van der Waals surface area contributed by atoms with E-state index in [4.69, 9.17) is 27.9 Å². The van der Waals surface area contributed by atoms with Gasteiger partial charge in [-0.1, -0.05) is 13.8 Å². The molecule has 1 amide bonds. The fraction of sp³-hybridized carbons (Fsp3) is 0.444. The molecular formula is C18H23Cl2NO5. The molecule has 1 aromatic rings. The molecule has 1 aromatic carbocycles. The second-order valence-corrected chi connectivity index (χ2v) is 5.97. The molecule has 0 bridgehead atoms. The predicted molar refractivity (Wildman–Crippen MR) is 102 cm³/mol. The first-order chi connectivity index (χ1) is 12.0. The summed E-state index contributed by atoms with van der Waals surface area (Å²) < 4.78 is 4.81. The number of rotatable bonds is 5. The van der Waals surface area contributed by atoms with Gasteiger partial charge in [-0.25, -0.2) is 0 Å². The highest BCUT2D eigenvalue weighted by molar-refractivity contribution is 6.69. The highest BCUT2D eigenvalue weighted by atomic mass is 35.5. The zero-order valence-electron chi connectivity index (χ0n) is 15.9. The number of esters is 1. The molecule has 0 aliphatic carbocycles. The molecule has 0 saturated heterocycles. The minimum Gasteiger partial charge on any atom is -0.453 e. The number of anilines is 1. The molecule has 0 unspecified atom stereocenters. The highest BCUT2D eigenvalue weighted by Gasteiger charge is 2.26. The van der Waals surface area contributed by atoms with Gasteiger partial charge >= 0.3 is 5.97 Å². The van der Waals surface area contributed by atoms with E-state index in [0.29, 0.717) is 16.7 Å². The number of benzene rings is 1. The maximum Gasteiger partial charge on any atom is 0.303 e. The van der Waals surface area contributed by atoms with Gasteiger partial charge in [0.2, 0.25) is 0 Å². The molecule has 0 aromatic heterocycles. The summed E-state index contributed by atoms with van der Waals surface area (Å²) in [6.07, 6.45) is -1.05. The lowest BCUT2D eigenvalue weighted by atomic mass is 9.92. The fourth-order valence-electron chi connectivity index (χ4n) is 2.52. The van der Waals surface area contributed by atoms with E-state index in [-0.39, 0.29) is 16.8 Å². The quantitative estimate of drug-likeness (QED) is 0.584. The number of halogens is 2. The van der Waals surface area contributed by atoms with E-state index in [2.05, 4.69) is 5.32 Å². The lowest BCUT2D eigenvalue weighted by Crippen LogP contribution is -2.30. The summed E-state index contributed by atoms with van der Waals surface area (Å²) in [7, 11) is 0. The SMILES string of the molecule is CC.CC(=O)O[C@@H](C)C(=O)Nc1c(C)c(C(=O)Cl)c(C)c(C(=O)Cl)c1C. The molecule has 26 heavy (non-hydrogen) atoms. The van der Waals surface area contributed by atoms with Gasteiger partial charge < -0.3 is 10.1 Å². The van der Waals surface area contributed by atoms with Gasteiger partial charge in [-0.2, -0.15) is 0 Å². The number of hydrogen-bond acceptors (Lipinski definition) is 5. The summed E-state index contributed by atoms with van der Waals surface area (Å²) in [6.45, 7) is 11.3. The van der Waals surface area contributed by atoms with Crippen molar-refractivity contribution in [2.45, 2.75) is 54.6 Å². The number of ether oxygens (including phenoxy) is 1. The largest absolute Gasteiger partial charge is 0.453 e. The van der Waals surface area contributed by atoms with Crippen LogP contribution in [0.1, 0.15) is 65.1 Å². The molecule has 0 aliphatic rings. The third-order valence-corrected chi connectivity index (χ3v) is 3.98. The van der Waals surface area contributed by atoms with Crippen molar-refractivity contribution >= 4 is 51.3 Å². The van der Waals surface area contributed by atoms with Crippen LogP contribution < -0.4 is 5.32 Å². The molecule has 0 aliphatic heterocycles. The molecule has 0 heterocycles. The highest BCUT2D eigenvalue weighted by Crippen LogP contribution is 2.33. The summed E-state index contributed by atoms with van der Waals surface area (Å²) in [5.41, 5.74) is 1.57. The zero-order valence-corrected chi connectivity index (χ0v) is 17.4. The van der Waals surface area contributed by atoms with Crippen LogP contribution in [0.4, 0.5) is 5.69 Å². The van der Waals surface area contributed by atoms with Crippen molar-refractivity contribution < 1.29 is 23.9 Å². The van der Waals surface area contributed by atoms with Gasteiger partial charge in [0.05, 0.1) is 0 Å². The average molecular weight is 404 g/mol. The first-order valence-electron chi connectivity index (χ1n) is 8.00. The maximum absolute atomic E-state index is 12.2. The lowest BCUT2D eigenvalue weighted by molar-refractivity contribution is -0.150. The summed E-state index contributed by atoms with van der Waals surface area (Å²) in [4.78, 5) is 46.6. The fourth-order valence-corrected chi connectivity index (χ4v) is 3.09. The Morgan fingerprint density at radius 2 is 1.27 bits per heavy atom. The number of carbonyl (C=O) groups is 4. The van der Waals surface area contributed by atoms with Crippen LogP contribution in [0.5, 0.6) is 0 Å². The van der Waals surface area contributed by atoms with E-state index < -0.39 is 28.5 Å². The Balaban J connectivity index is 0.00000301. The second-order valence-electron chi connectivity index (χ2n) is 5.29. The van der Waals surface area contributed by atoms with E-state index in [0.717, 1.165) is 0 Å². The monoisotopic (exact) mass is 403 g/mol. The van der Waals surface area contributed by atoms with Gasteiger partial charge in [-0.3, -0.25) is 19.2 Å². The number of hydrogen-bond donors (Lipinski definition) is 1. The molecule has 1 rings (SSSR count). The van der Waals surface area contributed by atoms with Gasteiger partial charge in [0.1, 0.15) is 0 Å². The molecule has 0 spiro atoms. The Morgan fingerprint density at radius 1 is 0.885 bits per heavy atom. The number of carbonyl (C=O) groups excluding carboxylic acids is 4. The standard InChI is InChI=1S/C16H17Cl2NO5.C2H6/c1-6-11(14(17)21)7(2)13(8(3)12(6)15(18)22)19-16(23)9(4)24-10(5)20;1-2/h9H,1-5H3,(H,19,23);1-2H3/t9-;/m0./s1. The van der Waals surface area contributed by atoms with Crippen molar-refractivity contribution in [1.82, 2.24) is 0 Å². The Morgan fingerprint density at radius 3 is 1.58 bits per heavy atom. The smallest absolute Gasteiger partial charge is 0.303 e. The Hall–Kier alpha value is -1.92. The van der Waals surface area contributed by atoms with Crippen LogP contribution in [0.3, 0.4) is 0 Å². The summed E-state index contributed by atoms with van der Waals surface area (Å²) in [5.74, 6) is -1.22. The van der Waals surface area contributed by atoms with Crippen LogP contribution in [0.15, 0.2) is 0 Å². The van der Waals surface area contributed by atoms with Crippen molar-refractivity contribution in [2.75, 3.05) is 5.32 Å². The third-order valence-electron chi connectivity index (χ3n) is 3.60. The summed E-state index contributed by atoms with van der Waals surface area (Å²) in [5, 5.41) is 1.02. The Labute approximate surface area is 163 Å². The number of amides is 1. The molecule has 144 valence electrons. The van der Waals surface area contributed by atoms with Crippen molar-refractivity contribution in [3.05, 3.63) is 27.8 Å². The van der Waals surface area contributed by atoms with Crippen molar-refractivity contribution in [2.24, 2.45) is 0 Å². The summed E-state index contributed by atoms with van der Waals surface area (Å²) >= 11 is 11.2. The van der Waals surface area contributed by atoms with Crippen LogP contribution >= 0.6 is 23.2 Å². The molecule has 8 heteroatoms. The van der Waals surface area contributed by atoms with Gasteiger partial charge in [0, 0.05) is 23.7 Å².